The first kappa shape index (κ1) is 108. The van der Waals surface area contributed by atoms with Gasteiger partial charge in [0.25, 0.3) is 0 Å². The van der Waals surface area contributed by atoms with E-state index in [1.807, 2.05) is 0 Å². The minimum absolute atomic E-state index is 0. The molecule has 59 valence electrons. The molecule has 0 aliphatic rings. The zero-order chi connectivity index (χ0) is 0. The van der Waals surface area contributed by atoms with Crippen LogP contribution in [0.15, 0.2) is 0 Å². The van der Waals surface area contributed by atoms with Gasteiger partial charge in [-0.3, -0.25) is 0 Å². The number of hydrogen-bond donors (Lipinski definition) is 0. The van der Waals surface area contributed by atoms with Gasteiger partial charge in [-0.05, 0) is 0 Å². The van der Waals surface area contributed by atoms with E-state index in [9.17, 15) is 0 Å². The van der Waals surface area contributed by atoms with Crippen LogP contribution in [0, 0.1) is 0 Å². The molecule has 0 saturated carbocycles. The van der Waals surface area contributed by atoms with Gasteiger partial charge in [-0.1, -0.05) is 0 Å². The van der Waals surface area contributed by atoms with Gasteiger partial charge in [0.05, 0.1) is 0 Å². The Morgan fingerprint density at radius 3 is 0.500 bits per heavy atom. The fourth-order valence-corrected chi connectivity index (χ4v) is 0. The second-order valence-corrected chi connectivity index (χ2v) is 0. The van der Waals surface area contributed by atoms with Crippen molar-refractivity contribution in [1.82, 2.24) is 0 Å². The summed E-state index contributed by atoms with van der Waals surface area (Å²) in [7, 11) is 0. The summed E-state index contributed by atoms with van der Waals surface area (Å²) in [6.07, 6.45) is 0. The Hall–Kier alpha value is 3.36. The summed E-state index contributed by atoms with van der Waals surface area (Å²) >= 11 is 0. The third kappa shape index (κ3) is 57.9. The van der Waals surface area contributed by atoms with E-state index in [-0.39, 0.29) is 125 Å². The standard InChI is InChI=1S/6ClH.Na.Rh.H/h6*1H;;;/q;;;;;;+1;;-1. The van der Waals surface area contributed by atoms with Crippen molar-refractivity contribution >= 4 is 74.4 Å². The molecule has 0 nitrogen and oxygen atoms in total. The maximum atomic E-state index is 0. The average molecular weight is 346 g/mol. The van der Waals surface area contributed by atoms with Crippen LogP contribution in [-0.2, 0) is 19.5 Å². The fraction of sp³-hybridized carbons (Fsp3) is 0. The first-order chi connectivity index (χ1) is 0. The second-order valence-electron chi connectivity index (χ2n) is 0. The summed E-state index contributed by atoms with van der Waals surface area (Å²) in [5.74, 6) is 0. The predicted molar refractivity (Wildman–Crippen MR) is 44.6 cm³/mol. The van der Waals surface area contributed by atoms with Gasteiger partial charge >= 0.3 is 29.6 Å². The van der Waals surface area contributed by atoms with Gasteiger partial charge in [-0.15, -0.1) is 74.4 Å². The monoisotopic (exact) mass is 343 g/mol. The van der Waals surface area contributed by atoms with E-state index < -0.39 is 0 Å². The Labute approximate surface area is 123 Å². The van der Waals surface area contributed by atoms with Crippen LogP contribution in [-0.4, -0.2) is 0 Å². The number of hydrogen-bond acceptors (Lipinski definition) is 0. The normalized spacial score (nSPS) is 0. The van der Waals surface area contributed by atoms with E-state index in [1.54, 1.807) is 0 Å². The van der Waals surface area contributed by atoms with Crippen molar-refractivity contribution in [2.75, 3.05) is 0 Å². The molecular formula is H7Cl6NaRh. The number of halogens is 6. The smallest absolute Gasteiger partial charge is 1.00 e. The molecule has 8 heavy (non-hydrogen) atoms. The van der Waals surface area contributed by atoms with Crippen LogP contribution in [0.3, 0.4) is 0 Å². The Balaban J connectivity index is 0. The molecular weight excluding hydrogens is 339 g/mol. The fourth-order valence-electron chi connectivity index (χ4n) is 0. The Morgan fingerprint density at radius 1 is 0.500 bits per heavy atom. The first-order valence-electron chi connectivity index (χ1n) is 0. The van der Waals surface area contributed by atoms with Crippen LogP contribution in [0.25, 0.3) is 0 Å². The molecule has 1 radical (unpaired) electrons. The zero-order valence-electron chi connectivity index (χ0n) is 4.78. The molecule has 0 aromatic carbocycles. The van der Waals surface area contributed by atoms with Crippen LogP contribution < -0.4 is 29.6 Å². The molecule has 0 saturated heterocycles. The molecule has 0 atom stereocenters. The van der Waals surface area contributed by atoms with Crippen molar-refractivity contribution in [2.45, 2.75) is 0 Å². The van der Waals surface area contributed by atoms with E-state index in [2.05, 4.69) is 0 Å². The Bertz CT molecular complexity index is 13.0. The maximum absolute atomic E-state index is 0. The van der Waals surface area contributed by atoms with Gasteiger partial charge in [-0.2, -0.15) is 0 Å². The van der Waals surface area contributed by atoms with Crippen molar-refractivity contribution in [1.29, 1.82) is 0 Å². The molecule has 0 aliphatic carbocycles. The van der Waals surface area contributed by atoms with Crippen molar-refractivity contribution < 1.29 is 50.5 Å². The topological polar surface area (TPSA) is 0 Å². The molecule has 0 aliphatic heterocycles. The molecule has 0 unspecified atom stereocenters. The molecule has 0 rings (SSSR count). The summed E-state index contributed by atoms with van der Waals surface area (Å²) in [6, 6.07) is 0. The van der Waals surface area contributed by atoms with E-state index in [0.717, 1.165) is 0 Å². The van der Waals surface area contributed by atoms with Crippen molar-refractivity contribution in [3.8, 4) is 0 Å². The maximum Gasteiger partial charge on any atom is 1.00 e. The first-order valence-corrected chi connectivity index (χ1v) is 0. The third-order valence-corrected chi connectivity index (χ3v) is 0. The Morgan fingerprint density at radius 2 is 0.500 bits per heavy atom. The van der Waals surface area contributed by atoms with Crippen molar-refractivity contribution in [3.63, 3.8) is 0 Å². The summed E-state index contributed by atoms with van der Waals surface area (Å²) in [5.41, 5.74) is 0. The van der Waals surface area contributed by atoms with E-state index in [1.165, 1.54) is 0 Å². The van der Waals surface area contributed by atoms with Gasteiger partial charge in [-0.25, -0.2) is 0 Å². The largest absolute Gasteiger partial charge is 1.00 e. The summed E-state index contributed by atoms with van der Waals surface area (Å²) < 4.78 is 0. The quantitative estimate of drug-likeness (QED) is 0.526. The van der Waals surface area contributed by atoms with Crippen molar-refractivity contribution in [2.24, 2.45) is 0 Å². The molecule has 0 heterocycles. The third-order valence-electron chi connectivity index (χ3n) is 0. The minimum Gasteiger partial charge on any atom is -1.00 e. The molecule has 0 bridgehead atoms. The molecule has 0 amide bonds. The zero-order valence-corrected chi connectivity index (χ0v) is 12.3. The van der Waals surface area contributed by atoms with E-state index in [0.29, 0.717) is 0 Å². The predicted octanol–water partition coefficient (Wildman–Crippen LogP) is -0.355. The van der Waals surface area contributed by atoms with Gasteiger partial charge < -0.3 is 1.43 Å². The van der Waals surface area contributed by atoms with Crippen LogP contribution >= 0.6 is 74.4 Å². The Kier molecular flexibility index (Phi) is 1080. The van der Waals surface area contributed by atoms with E-state index in [4.69, 9.17) is 0 Å². The van der Waals surface area contributed by atoms with Crippen LogP contribution in [0.1, 0.15) is 1.43 Å². The molecule has 0 spiro atoms. The van der Waals surface area contributed by atoms with Gasteiger partial charge in [0.2, 0.25) is 0 Å². The molecule has 0 N–H and O–H groups in total. The van der Waals surface area contributed by atoms with Crippen LogP contribution in [0.5, 0.6) is 0 Å². The molecule has 0 aromatic heterocycles. The summed E-state index contributed by atoms with van der Waals surface area (Å²) in [4.78, 5) is 0. The van der Waals surface area contributed by atoms with E-state index >= 15 is 0 Å². The average Bonchev–Trinajstić information content (AvgIpc) is 0. The number of rotatable bonds is 0. The van der Waals surface area contributed by atoms with Gasteiger partial charge in [0.1, 0.15) is 0 Å². The minimum atomic E-state index is 0. The summed E-state index contributed by atoms with van der Waals surface area (Å²) in [6.45, 7) is 0. The molecule has 0 aromatic rings. The van der Waals surface area contributed by atoms with Crippen LogP contribution in [0.2, 0.25) is 0 Å². The molecule has 0 fully saturated rings. The van der Waals surface area contributed by atoms with Crippen molar-refractivity contribution in [3.05, 3.63) is 0 Å². The van der Waals surface area contributed by atoms with Gasteiger partial charge in [0.15, 0.2) is 0 Å². The second kappa shape index (κ2) is 80.3. The van der Waals surface area contributed by atoms with Crippen LogP contribution in [0.4, 0.5) is 0 Å². The molecule has 8 heteroatoms. The van der Waals surface area contributed by atoms with Gasteiger partial charge in [0, 0.05) is 19.5 Å². The SMILES string of the molecule is Cl.Cl.Cl.Cl.Cl.Cl.[H-].[Na+].[Rh]. The summed E-state index contributed by atoms with van der Waals surface area (Å²) in [5, 5.41) is 0.